The smallest absolute Gasteiger partial charge is 0.265 e. The average Bonchev–Trinajstić information content (AvgIpc) is 3.11. The largest absolute Gasteiger partial charge is 0.337 e. The zero-order valence-corrected chi connectivity index (χ0v) is 14.9. The van der Waals surface area contributed by atoms with Crippen LogP contribution in [-0.2, 0) is 7.05 Å². The lowest BCUT2D eigenvalue weighted by Crippen LogP contribution is -2.50. The number of carbonyl (C=O) groups excluding carboxylic acids is 1. The van der Waals surface area contributed by atoms with Gasteiger partial charge in [-0.05, 0) is 20.4 Å². The topological polar surface area (TPSA) is 54.3 Å². The second-order valence-electron chi connectivity index (χ2n) is 5.94. The van der Waals surface area contributed by atoms with Crippen molar-refractivity contribution in [1.82, 2.24) is 24.3 Å². The summed E-state index contributed by atoms with van der Waals surface area (Å²) in [7, 11) is 2.01. The number of nitrogens with zero attached hydrogens (tertiary/aromatic N) is 5. The van der Waals surface area contributed by atoms with Gasteiger partial charge in [0.1, 0.15) is 10.7 Å². The van der Waals surface area contributed by atoms with Crippen molar-refractivity contribution in [3.63, 3.8) is 0 Å². The molecule has 0 aliphatic carbocycles. The van der Waals surface area contributed by atoms with Crippen LogP contribution in [0.5, 0.6) is 0 Å². The molecule has 1 aliphatic heterocycles. The first kappa shape index (κ1) is 16.1. The van der Waals surface area contributed by atoms with Crippen molar-refractivity contribution < 1.29 is 4.79 Å². The van der Waals surface area contributed by atoms with Gasteiger partial charge in [-0.15, -0.1) is 11.3 Å². The average molecular weight is 333 g/mol. The minimum Gasteiger partial charge on any atom is -0.337 e. The number of piperazine rings is 1. The zero-order chi connectivity index (χ0) is 16.6. The highest BCUT2D eigenvalue weighted by Crippen LogP contribution is 2.26. The molecule has 3 rings (SSSR count). The standard InChI is InChI=1S/C16H23N5OS/c1-5-20-8-9-21(10-13(20)15-17-6-7-19(15)4)16(22)14-11(2)18-12(3)23-14/h6-7,13H,5,8-10H2,1-4H3/t13-/m1/s1. The Morgan fingerprint density at radius 3 is 2.74 bits per heavy atom. The van der Waals surface area contributed by atoms with Crippen LogP contribution in [0, 0.1) is 13.8 Å². The van der Waals surface area contributed by atoms with E-state index in [0.29, 0.717) is 6.54 Å². The lowest BCUT2D eigenvalue weighted by atomic mass is 10.1. The highest BCUT2D eigenvalue weighted by atomic mass is 32.1. The fourth-order valence-electron chi connectivity index (χ4n) is 3.20. The van der Waals surface area contributed by atoms with Crippen molar-refractivity contribution in [3.05, 3.63) is 33.8 Å². The number of aromatic nitrogens is 3. The Labute approximate surface area is 140 Å². The van der Waals surface area contributed by atoms with Gasteiger partial charge in [0.15, 0.2) is 0 Å². The molecule has 2 aromatic heterocycles. The molecule has 0 bridgehead atoms. The van der Waals surface area contributed by atoms with Crippen molar-refractivity contribution in [2.45, 2.75) is 26.8 Å². The van der Waals surface area contributed by atoms with E-state index >= 15 is 0 Å². The quantitative estimate of drug-likeness (QED) is 0.862. The Balaban J connectivity index is 1.84. The number of hydrogen-bond donors (Lipinski definition) is 0. The Morgan fingerprint density at radius 2 is 2.17 bits per heavy atom. The van der Waals surface area contributed by atoms with Gasteiger partial charge in [-0.25, -0.2) is 9.97 Å². The lowest BCUT2D eigenvalue weighted by molar-refractivity contribution is 0.0476. The molecule has 2 aromatic rings. The van der Waals surface area contributed by atoms with Crippen molar-refractivity contribution in [2.75, 3.05) is 26.2 Å². The predicted molar refractivity (Wildman–Crippen MR) is 90.7 cm³/mol. The summed E-state index contributed by atoms with van der Waals surface area (Å²) in [6, 6.07) is 0.145. The molecule has 0 N–H and O–H groups in total. The van der Waals surface area contributed by atoms with Crippen LogP contribution < -0.4 is 0 Å². The van der Waals surface area contributed by atoms with Crippen LogP contribution in [0.15, 0.2) is 12.4 Å². The number of thiazole rings is 1. The van der Waals surface area contributed by atoms with Crippen molar-refractivity contribution >= 4 is 17.2 Å². The van der Waals surface area contributed by atoms with Crippen molar-refractivity contribution in [3.8, 4) is 0 Å². The summed E-state index contributed by atoms with van der Waals surface area (Å²) in [5.74, 6) is 1.12. The second kappa shape index (κ2) is 6.41. The zero-order valence-electron chi connectivity index (χ0n) is 14.1. The molecule has 1 fully saturated rings. The van der Waals surface area contributed by atoms with Crippen LogP contribution >= 0.6 is 11.3 Å². The molecule has 0 spiro atoms. The molecule has 1 atom stereocenters. The highest BCUT2D eigenvalue weighted by molar-refractivity contribution is 7.13. The first-order valence-electron chi connectivity index (χ1n) is 7.95. The summed E-state index contributed by atoms with van der Waals surface area (Å²) >= 11 is 1.49. The van der Waals surface area contributed by atoms with E-state index in [1.54, 1.807) is 0 Å². The Bertz CT molecular complexity index is 707. The molecule has 6 nitrogen and oxygen atoms in total. The van der Waals surface area contributed by atoms with E-state index < -0.39 is 0 Å². The summed E-state index contributed by atoms with van der Waals surface area (Å²) < 4.78 is 2.05. The minimum atomic E-state index is 0.100. The van der Waals surface area contributed by atoms with E-state index in [0.717, 1.165) is 41.0 Å². The third-order valence-corrected chi connectivity index (χ3v) is 5.50. The lowest BCUT2D eigenvalue weighted by Gasteiger charge is -2.40. The van der Waals surface area contributed by atoms with Gasteiger partial charge in [0, 0.05) is 39.1 Å². The molecule has 7 heteroatoms. The third kappa shape index (κ3) is 3.03. The van der Waals surface area contributed by atoms with Crippen LogP contribution in [0.4, 0.5) is 0 Å². The van der Waals surface area contributed by atoms with Crippen LogP contribution in [-0.4, -0.2) is 56.4 Å². The number of amides is 1. The molecule has 3 heterocycles. The molecule has 23 heavy (non-hydrogen) atoms. The summed E-state index contributed by atoms with van der Waals surface area (Å²) in [4.78, 5) is 26.9. The minimum absolute atomic E-state index is 0.100. The maximum Gasteiger partial charge on any atom is 0.265 e. The first-order valence-corrected chi connectivity index (χ1v) is 8.77. The van der Waals surface area contributed by atoms with Gasteiger partial charge in [0.25, 0.3) is 5.91 Å². The van der Waals surface area contributed by atoms with Gasteiger partial charge < -0.3 is 9.47 Å². The van der Waals surface area contributed by atoms with Crippen LogP contribution in [0.2, 0.25) is 0 Å². The molecule has 0 radical (unpaired) electrons. The summed E-state index contributed by atoms with van der Waals surface area (Å²) in [6.45, 7) is 9.27. The Morgan fingerprint density at radius 1 is 1.39 bits per heavy atom. The van der Waals surface area contributed by atoms with Gasteiger partial charge in [-0.1, -0.05) is 6.92 Å². The van der Waals surface area contributed by atoms with Gasteiger partial charge in [-0.2, -0.15) is 0 Å². The Kier molecular flexibility index (Phi) is 4.50. The van der Waals surface area contributed by atoms with E-state index in [1.807, 2.05) is 42.8 Å². The van der Waals surface area contributed by atoms with Gasteiger partial charge in [0.05, 0.1) is 16.7 Å². The number of imidazole rings is 1. The fraction of sp³-hybridized carbons (Fsp3) is 0.562. The number of likely N-dealkylation sites (N-methyl/N-ethyl adjacent to an activating group) is 1. The Hall–Kier alpha value is -1.73. The first-order chi connectivity index (χ1) is 11.0. The van der Waals surface area contributed by atoms with E-state index in [2.05, 4.69) is 21.8 Å². The van der Waals surface area contributed by atoms with Crippen LogP contribution in [0.1, 0.15) is 39.2 Å². The third-order valence-electron chi connectivity index (χ3n) is 4.44. The number of aryl methyl sites for hydroxylation is 3. The van der Waals surface area contributed by atoms with E-state index in [-0.39, 0.29) is 11.9 Å². The number of hydrogen-bond acceptors (Lipinski definition) is 5. The summed E-state index contributed by atoms with van der Waals surface area (Å²) in [5, 5.41) is 0.943. The number of carbonyl (C=O) groups is 1. The number of rotatable bonds is 3. The second-order valence-corrected chi connectivity index (χ2v) is 7.14. The van der Waals surface area contributed by atoms with Crippen molar-refractivity contribution in [2.24, 2.45) is 7.05 Å². The molecule has 1 aliphatic rings. The predicted octanol–water partition coefficient (Wildman–Crippen LogP) is 2.01. The summed E-state index contributed by atoms with van der Waals surface area (Å²) in [5.41, 5.74) is 0.837. The molecule has 0 unspecified atom stereocenters. The van der Waals surface area contributed by atoms with E-state index in [4.69, 9.17) is 0 Å². The maximum absolute atomic E-state index is 12.9. The van der Waals surface area contributed by atoms with Gasteiger partial charge >= 0.3 is 0 Å². The molecule has 0 saturated carbocycles. The molecule has 1 amide bonds. The van der Waals surface area contributed by atoms with Crippen LogP contribution in [0.25, 0.3) is 0 Å². The van der Waals surface area contributed by atoms with Crippen LogP contribution in [0.3, 0.4) is 0 Å². The molecular formula is C16H23N5OS. The fourth-order valence-corrected chi connectivity index (χ4v) is 4.09. The maximum atomic E-state index is 12.9. The molecule has 124 valence electrons. The summed E-state index contributed by atoms with van der Waals surface area (Å²) in [6.07, 6.45) is 3.78. The highest BCUT2D eigenvalue weighted by Gasteiger charge is 2.33. The molecule has 0 aromatic carbocycles. The normalized spacial score (nSPS) is 19.3. The SMILES string of the molecule is CCN1CCN(C(=O)c2sc(C)nc2C)C[C@@H]1c1nccn1C. The van der Waals surface area contributed by atoms with E-state index in [9.17, 15) is 4.79 Å². The van der Waals surface area contributed by atoms with Gasteiger partial charge in [0.2, 0.25) is 0 Å². The van der Waals surface area contributed by atoms with Crippen molar-refractivity contribution in [1.29, 1.82) is 0 Å². The van der Waals surface area contributed by atoms with E-state index in [1.165, 1.54) is 11.3 Å². The molecule has 1 saturated heterocycles. The van der Waals surface area contributed by atoms with Gasteiger partial charge in [-0.3, -0.25) is 9.69 Å². The monoisotopic (exact) mass is 333 g/mol. The molecular weight excluding hydrogens is 310 g/mol.